The molecule has 0 bridgehead atoms. The molecular formula is C21H31N5O3. The van der Waals surface area contributed by atoms with Crippen LogP contribution in [0, 0.1) is 11.3 Å². The van der Waals surface area contributed by atoms with Gasteiger partial charge in [0.05, 0.1) is 5.69 Å². The van der Waals surface area contributed by atoms with Crippen molar-refractivity contribution in [3.05, 3.63) is 28.9 Å². The van der Waals surface area contributed by atoms with Crippen LogP contribution in [0.1, 0.15) is 79.8 Å². The SMILES string of the molecule is CCCNC(=O)c1nn(CC)cc1NC(=O)c1noc2c1CC(C(C)(C)C)CC2. The van der Waals surface area contributed by atoms with Crippen LogP contribution in [0.3, 0.4) is 0 Å². The van der Waals surface area contributed by atoms with Crippen molar-refractivity contribution in [2.75, 3.05) is 11.9 Å². The second kappa shape index (κ2) is 8.39. The molecule has 3 rings (SSSR count). The van der Waals surface area contributed by atoms with Gasteiger partial charge in [0.25, 0.3) is 11.8 Å². The Bertz CT molecular complexity index is 891. The minimum Gasteiger partial charge on any atom is -0.360 e. The van der Waals surface area contributed by atoms with Crippen molar-refractivity contribution in [2.24, 2.45) is 11.3 Å². The standard InChI is InChI=1S/C21H31N5O3/c1-6-10-22-19(27)18-15(12-26(7-2)24-18)23-20(28)17-14-11-13(21(3,4)5)8-9-16(14)29-25-17/h12-13H,6-11H2,1-5H3,(H,22,27)(H,23,28). The summed E-state index contributed by atoms with van der Waals surface area (Å²) in [5.74, 6) is 0.578. The van der Waals surface area contributed by atoms with Crippen LogP contribution in [-0.4, -0.2) is 33.3 Å². The molecule has 0 saturated heterocycles. The van der Waals surface area contributed by atoms with Crippen molar-refractivity contribution in [3.63, 3.8) is 0 Å². The third-order valence-corrected chi connectivity index (χ3v) is 5.56. The van der Waals surface area contributed by atoms with E-state index in [0.29, 0.717) is 30.4 Å². The number of nitrogens with one attached hydrogen (secondary N) is 2. The maximum atomic E-state index is 13.0. The Morgan fingerprint density at radius 2 is 2.00 bits per heavy atom. The summed E-state index contributed by atoms with van der Waals surface area (Å²) in [5, 5.41) is 14.0. The molecule has 1 aliphatic carbocycles. The van der Waals surface area contributed by atoms with Crippen LogP contribution in [0.2, 0.25) is 0 Å². The number of hydrogen-bond donors (Lipinski definition) is 2. The normalized spacial score (nSPS) is 16.4. The Morgan fingerprint density at radius 3 is 2.66 bits per heavy atom. The number of fused-ring (bicyclic) bond motifs is 1. The summed E-state index contributed by atoms with van der Waals surface area (Å²) in [4.78, 5) is 25.4. The van der Waals surface area contributed by atoms with Crippen molar-refractivity contribution in [1.29, 1.82) is 0 Å². The highest BCUT2D eigenvalue weighted by atomic mass is 16.5. The van der Waals surface area contributed by atoms with Gasteiger partial charge in [0.1, 0.15) is 5.76 Å². The molecule has 1 atom stereocenters. The van der Waals surface area contributed by atoms with Gasteiger partial charge in [-0.05, 0) is 37.5 Å². The molecule has 0 aromatic carbocycles. The average molecular weight is 402 g/mol. The minimum atomic E-state index is -0.371. The fourth-order valence-electron chi connectivity index (χ4n) is 3.67. The number of carbonyl (C=O) groups is 2. The molecule has 2 N–H and O–H groups in total. The highest BCUT2D eigenvalue weighted by Gasteiger charge is 2.34. The number of aryl methyl sites for hydroxylation is 2. The lowest BCUT2D eigenvalue weighted by atomic mass is 9.71. The number of rotatable bonds is 6. The van der Waals surface area contributed by atoms with Gasteiger partial charge < -0.3 is 15.2 Å². The molecule has 1 unspecified atom stereocenters. The summed E-state index contributed by atoms with van der Waals surface area (Å²) < 4.78 is 7.08. The Labute approximate surface area is 171 Å². The van der Waals surface area contributed by atoms with Gasteiger partial charge >= 0.3 is 0 Å². The van der Waals surface area contributed by atoms with Gasteiger partial charge in [0.2, 0.25) is 0 Å². The van der Waals surface area contributed by atoms with E-state index in [0.717, 1.165) is 37.0 Å². The van der Waals surface area contributed by atoms with Crippen LogP contribution in [-0.2, 0) is 19.4 Å². The van der Waals surface area contributed by atoms with Gasteiger partial charge in [-0.3, -0.25) is 14.3 Å². The fraction of sp³-hybridized carbons (Fsp3) is 0.619. The van der Waals surface area contributed by atoms with Gasteiger partial charge in [0.15, 0.2) is 11.4 Å². The van der Waals surface area contributed by atoms with Gasteiger partial charge in [-0.15, -0.1) is 0 Å². The number of aromatic nitrogens is 3. The van der Waals surface area contributed by atoms with Crippen molar-refractivity contribution in [2.45, 2.75) is 66.8 Å². The Morgan fingerprint density at radius 1 is 1.24 bits per heavy atom. The molecule has 0 radical (unpaired) electrons. The Hall–Kier alpha value is -2.64. The van der Waals surface area contributed by atoms with E-state index in [1.54, 1.807) is 10.9 Å². The van der Waals surface area contributed by atoms with Crippen molar-refractivity contribution < 1.29 is 14.1 Å². The topological polar surface area (TPSA) is 102 Å². The van der Waals surface area contributed by atoms with E-state index in [1.165, 1.54) is 0 Å². The van der Waals surface area contributed by atoms with Gasteiger partial charge in [-0.2, -0.15) is 5.10 Å². The van der Waals surface area contributed by atoms with Crippen LogP contribution in [0.15, 0.2) is 10.7 Å². The molecule has 29 heavy (non-hydrogen) atoms. The number of nitrogens with zero attached hydrogens (tertiary/aromatic N) is 3. The second-order valence-electron chi connectivity index (χ2n) is 8.70. The average Bonchev–Trinajstić information content (AvgIpc) is 3.28. The summed E-state index contributed by atoms with van der Waals surface area (Å²) in [5.41, 5.74) is 1.92. The van der Waals surface area contributed by atoms with Crippen LogP contribution < -0.4 is 10.6 Å². The first-order chi connectivity index (χ1) is 13.7. The van der Waals surface area contributed by atoms with Crippen LogP contribution in [0.25, 0.3) is 0 Å². The molecule has 8 nitrogen and oxygen atoms in total. The number of hydrogen-bond acceptors (Lipinski definition) is 5. The maximum Gasteiger partial charge on any atom is 0.278 e. The lowest BCUT2D eigenvalue weighted by molar-refractivity contribution is 0.0948. The number of carbonyl (C=O) groups excluding carboxylic acids is 2. The number of amides is 2. The largest absolute Gasteiger partial charge is 0.360 e. The van der Waals surface area contributed by atoms with E-state index in [9.17, 15) is 9.59 Å². The molecule has 2 amide bonds. The molecule has 1 aliphatic rings. The zero-order valence-corrected chi connectivity index (χ0v) is 18.0. The molecule has 0 aliphatic heterocycles. The molecule has 158 valence electrons. The lowest BCUT2D eigenvalue weighted by Crippen LogP contribution is -2.28. The highest BCUT2D eigenvalue weighted by Crippen LogP contribution is 2.38. The molecule has 0 saturated carbocycles. The summed E-state index contributed by atoms with van der Waals surface area (Å²) in [6.45, 7) is 11.7. The zero-order valence-electron chi connectivity index (χ0n) is 18.0. The summed E-state index contributed by atoms with van der Waals surface area (Å²) >= 11 is 0. The van der Waals surface area contributed by atoms with E-state index in [2.05, 4.69) is 41.7 Å². The molecule has 2 heterocycles. The Balaban J connectivity index is 1.83. The lowest BCUT2D eigenvalue weighted by Gasteiger charge is -2.33. The third kappa shape index (κ3) is 4.52. The zero-order chi connectivity index (χ0) is 21.2. The van der Waals surface area contributed by atoms with E-state index in [1.807, 2.05) is 13.8 Å². The van der Waals surface area contributed by atoms with Gasteiger partial charge in [-0.1, -0.05) is 32.9 Å². The maximum absolute atomic E-state index is 13.0. The predicted octanol–water partition coefficient (Wildman–Crippen LogP) is 3.43. The monoisotopic (exact) mass is 401 g/mol. The smallest absolute Gasteiger partial charge is 0.278 e. The fourth-order valence-corrected chi connectivity index (χ4v) is 3.67. The van der Waals surface area contributed by atoms with E-state index in [4.69, 9.17) is 4.52 Å². The van der Waals surface area contributed by atoms with Crippen molar-refractivity contribution in [3.8, 4) is 0 Å². The first-order valence-electron chi connectivity index (χ1n) is 10.4. The quantitative estimate of drug-likeness (QED) is 0.772. The first-order valence-corrected chi connectivity index (χ1v) is 10.4. The Kier molecular flexibility index (Phi) is 6.10. The molecule has 2 aromatic heterocycles. The molecule has 0 fully saturated rings. The molecule has 0 spiro atoms. The summed E-state index contributed by atoms with van der Waals surface area (Å²) in [6.07, 6.45) is 5.07. The number of anilines is 1. The van der Waals surface area contributed by atoms with E-state index >= 15 is 0 Å². The van der Waals surface area contributed by atoms with Crippen molar-refractivity contribution >= 4 is 17.5 Å². The minimum absolute atomic E-state index is 0.148. The van der Waals surface area contributed by atoms with Crippen LogP contribution >= 0.6 is 0 Å². The first kappa shape index (κ1) is 21.1. The molecule has 2 aromatic rings. The third-order valence-electron chi connectivity index (χ3n) is 5.56. The van der Waals surface area contributed by atoms with E-state index < -0.39 is 0 Å². The summed E-state index contributed by atoms with van der Waals surface area (Å²) in [6, 6.07) is 0. The van der Waals surface area contributed by atoms with Crippen LogP contribution in [0.4, 0.5) is 5.69 Å². The van der Waals surface area contributed by atoms with Gasteiger partial charge in [-0.25, -0.2) is 0 Å². The van der Waals surface area contributed by atoms with E-state index in [-0.39, 0.29) is 22.9 Å². The van der Waals surface area contributed by atoms with Crippen molar-refractivity contribution in [1.82, 2.24) is 20.3 Å². The molecular weight excluding hydrogens is 370 g/mol. The van der Waals surface area contributed by atoms with Gasteiger partial charge in [0, 0.05) is 31.3 Å². The second-order valence-corrected chi connectivity index (χ2v) is 8.70. The predicted molar refractivity (Wildman–Crippen MR) is 110 cm³/mol. The highest BCUT2D eigenvalue weighted by molar-refractivity contribution is 6.08. The van der Waals surface area contributed by atoms with Crippen LogP contribution in [0.5, 0.6) is 0 Å². The summed E-state index contributed by atoms with van der Waals surface area (Å²) in [7, 11) is 0. The molecule has 8 heteroatoms.